The molecule has 2 nitrogen and oxygen atoms in total. The minimum Gasteiger partial charge on any atom is -0.384 e. The van der Waals surface area contributed by atoms with Crippen molar-refractivity contribution in [3.63, 3.8) is 0 Å². The van der Waals surface area contributed by atoms with Gasteiger partial charge in [-0.3, -0.25) is 0 Å². The summed E-state index contributed by atoms with van der Waals surface area (Å²) in [6.07, 6.45) is 1.20. The number of nitrogens with one attached hydrogen (secondary N) is 2. The number of fused-ring (bicyclic) bond motifs is 1. The van der Waals surface area contributed by atoms with E-state index in [1.54, 1.807) is 0 Å². The van der Waals surface area contributed by atoms with Crippen LogP contribution in [0.25, 0.3) is 0 Å². The van der Waals surface area contributed by atoms with Crippen LogP contribution in [0.4, 0.5) is 5.69 Å². The van der Waals surface area contributed by atoms with Gasteiger partial charge in [-0.15, -0.1) is 0 Å². The molecule has 0 saturated carbocycles. The molecule has 2 N–H and O–H groups in total. The van der Waals surface area contributed by atoms with Crippen LogP contribution in [-0.2, 0) is 6.42 Å². The molecule has 1 aromatic carbocycles. The Labute approximate surface area is 98.4 Å². The molecule has 0 radical (unpaired) electrons. The van der Waals surface area contributed by atoms with Gasteiger partial charge in [-0.2, -0.15) is 0 Å². The van der Waals surface area contributed by atoms with Gasteiger partial charge in [0, 0.05) is 24.8 Å². The lowest BCUT2D eigenvalue weighted by Gasteiger charge is -2.28. The quantitative estimate of drug-likeness (QED) is 0.815. The first-order chi connectivity index (χ1) is 7.66. The van der Waals surface area contributed by atoms with E-state index < -0.39 is 0 Å². The lowest BCUT2D eigenvalue weighted by atomic mass is 9.92. The normalized spacial score (nSPS) is 19.4. The van der Waals surface area contributed by atoms with Crippen molar-refractivity contribution in [2.24, 2.45) is 5.92 Å². The highest BCUT2D eigenvalue weighted by atomic mass is 14.9. The Balaban J connectivity index is 2.01. The highest BCUT2D eigenvalue weighted by molar-refractivity contribution is 5.58. The van der Waals surface area contributed by atoms with Crippen molar-refractivity contribution in [1.82, 2.24) is 5.32 Å². The Hall–Kier alpha value is -1.02. The third kappa shape index (κ3) is 2.56. The van der Waals surface area contributed by atoms with Crippen molar-refractivity contribution >= 4 is 5.69 Å². The van der Waals surface area contributed by atoms with Gasteiger partial charge < -0.3 is 10.6 Å². The molecule has 0 fully saturated rings. The monoisotopic (exact) mass is 218 g/mol. The zero-order valence-corrected chi connectivity index (χ0v) is 10.5. The Morgan fingerprint density at radius 2 is 2.25 bits per heavy atom. The summed E-state index contributed by atoms with van der Waals surface area (Å²) < 4.78 is 0. The highest BCUT2D eigenvalue weighted by Gasteiger charge is 2.18. The fourth-order valence-corrected chi connectivity index (χ4v) is 2.33. The first-order valence-electron chi connectivity index (χ1n) is 6.22. The molecule has 2 rings (SSSR count). The average Bonchev–Trinajstić information content (AvgIpc) is 2.26. The van der Waals surface area contributed by atoms with Crippen molar-refractivity contribution in [2.75, 3.05) is 18.4 Å². The number of hydrogen-bond acceptors (Lipinski definition) is 2. The first-order valence-corrected chi connectivity index (χ1v) is 6.22. The fraction of sp³-hybridized carbons (Fsp3) is 0.571. The Morgan fingerprint density at radius 3 is 3.00 bits per heavy atom. The molecule has 1 heterocycles. The van der Waals surface area contributed by atoms with Crippen LogP contribution < -0.4 is 10.6 Å². The number of rotatable bonds is 3. The van der Waals surface area contributed by atoms with Gasteiger partial charge in [-0.05, 0) is 30.4 Å². The van der Waals surface area contributed by atoms with Gasteiger partial charge in [0.25, 0.3) is 0 Å². The minimum atomic E-state index is 0.582. The lowest BCUT2D eigenvalue weighted by molar-refractivity contribution is 0.455. The summed E-state index contributed by atoms with van der Waals surface area (Å²) in [5.41, 5.74) is 4.21. The van der Waals surface area contributed by atoms with Gasteiger partial charge in [-0.1, -0.05) is 32.0 Å². The molecular weight excluding hydrogens is 196 g/mol. The molecule has 2 heteroatoms. The van der Waals surface area contributed by atoms with Crippen molar-refractivity contribution < 1.29 is 0 Å². The zero-order valence-electron chi connectivity index (χ0n) is 10.5. The molecule has 0 saturated heterocycles. The summed E-state index contributed by atoms with van der Waals surface area (Å²) in [4.78, 5) is 0. The van der Waals surface area contributed by atoms with Crippen LogP contribution in [0.3, 0.4) is 0 Å². The average molecular weight is 218 g/mol. The van der Waals surface area contributed by atoms with E-state index in [2.05, 4.69) is 49.6 Å². The van der Waals surface area contributed by atoms with Crippen molar-refractivity contribution in [3.8, 4) is 0 Å². The van der Waals surface area contributed by atoms with Crippen molar-refractivity contribution in [3.05, 3.63) is 29.3 Å². The predicted octanol–water partition coefficient (Wildman–Crippen LogP) is 2.58. The summed E-state index contributed by atoms with van der Waals surface area (Å²) in [5, 5.41) is 7.09. The van der Waals surface area contributed by atoms with E-state index in [1.165, 1.54) is 23.2 Å². The van der Waals surface area contributed by atoms with E-state index >= 15 is 0 Å². The molecule has 0 amide bonds. The predicted molar refractivity (Wildman–Crippen MR) is 70.0 cm³/mol. The molecule has 88 valence electrons. The van der Waals surface area contributed by atoms with E-state index in [1.807, 2.05) is 0 Å². The number of benzene rings is 1. The highest BCUT2D eigenvalue weighted by Crippen LogP contribution is 2.27. The van der Waals surface area contributed by atoms with Gasteiger partial charge >= 0.3 is 0 Å². The van der Waals surface area contributed by atoms with Crippen LogP contribution in [-0.4, -0.2) is 19.1 Å². The second kappa shape index (κ2) is 4.88. The molecule has 0 bridgehead atoms. The lowest BCUT2D eigenvalue weighted by Crippen LogP contribution is -2.35. The summed E-state index contributed by atoms with van der Waals surface area (Å²) in [7, 11) is 0. The second-order valence-electron chi connectivity index (χ2n) is 5.12. The maximum absolute atomic E-state index is 3.56. The van der Waals surface area contributed by atoms with Crippen molar-refractivity contribution in [2.45, 2.75) is 33.2 Å². The van der Waals surface area contributed by atoms with Gasteiger partial charge in [0.2, 0.25) is 0 Å². The first kappa shape index (κ1) is 11.5. The molecule has 1 aliphatic rings. The molecular formula is C14H22N2. The fourth-order valence-electron chi connectivity index (χ4n) is 2.33. The van der Waals surface area contributed by atoms with Crippen LogP contribution in [0.5, 0.6) is 0 Å². The Bertz CT molecular complexity index is 358. The maximum Gasteiger partial charge on any atom is 0.0402 e. The van der Waals surface area contributed by atoms with Crippen LogP contribution in [0, 0.1) is 12.8 Å². The molecule has 0 aliphatic carbocycles. The van der Waals surface area contributed by atoms with Crippen molar-refractivity contribution in [1.29, 1.82) is 0 Å². The standard InChI is InChI=1S/C14H22N2/c1-10(2)15-8-12-7-13-6-4-5-11(3)14(13)16-9-12/h4-6,10,12,15-16H,7-9H2,1-3H3. The number of para-hydroxylation sites is 1. The maximum atomic E-state index is 3.56. The van der Waals surface area contributed by atoms with E-state index in [4.69, 9.17) is 0 Å². The molecule has 1 atom stereocenters. The summed E-state index contributed by atoms with van der Waals surface area (Å²) in [6.45, 7) is 8.79. The molecule has 0 spiro atoms. The van der Waals surface area contributed by atoms with E-state index in [-0.39, 0.29) is 0 Å². The molecule has 1 unspecified atom stereocenters. The summed E-state index contributed by atoms with van der Waals surface area (Å²) in [6, 6.07) is 7.17. The SMILES string of the molecule is Cc1cccc2c1NCC(CNC(C)C)C2. The van der Waals surface area contributed by atoms with Gasteiger partial charge in [0.05, 0.1) is 0 Å². The van der Waals surface area contributed by atoms with Crippen LogP contribution >= 0.6 is 0 Å². The summed E-state index contributed by atoms with van der Waals surface area (Å²) >= 11 is 0. The van der Waals surface area contributed by atoms with Gasteiger partial charge in [-0.25, -0.2) is 0 Å². The Kier molecular flexibility index (Phi) is 3.49. The minimum absolute atomic E-state index is 0.582. The third-order valence-electron chi connectivity index (χ3n) is 3.25. The topological polar surface area (TPSA) is 24.1 Å². The van der Waals surface area contributed by atoms with Crippen LogP contribution in [0.2, 0.25) is 0 Å². The smallest absolute Gasteiger partial charge is 0.0402 e. The van der Waals surface area contributed by atoms with E-state index in [9.17, 15) is 0 Å². The Morgan fingerprint density at radius 1 is 1.44 bits per heavy atom. The second-order valence-corrected chi connectivity index (χ2v) is 5.12. The van der Waals surface area contributed by atoms with E-state index in [0.717, 1.165) is 19.0 Å². The van der Waals surface area contributed by atoms with Gasteiger partial charge in [0.15, 0.2) is 0 Å². The van der Waals surface area contributed by atoms with Gasteiger partial charge in [0.1, 0.15) is 0 Å². The summed E-state index contributed by atoms with van der Waals surface area (Å²) in [5.74, 6) is 0.719. The molecule has 1 aliphatic heterocycles. The largest absolute Gasteiger partial charge is 0.384 e. The van der Waals surface area contributed by atoms with E-state index in [0.29, 0.717) is 6.04 Å². The van der Waals surface area contributed by atoms with Crippen LogP contribution in [0.15, 0.2) is 18.2 Å². The molecule has 16 heavy (non-hydrogen) atoms. The number of aryl methyl sites for hydroxylation is 1. The zero-order chi connectivity index (χ0) is 11.5. The number of anilines is 1. The number of hydrogen-bond donors (Lipinski definition) is 2. The van der Waals surface area contributed by atoms with Crippen LogP contribution in [0.1, 0.15) is 25.0 Å². The molecule has 1 aromatic rings. The third-order valence-corrected chi connectivity index (χ3v) is 3.25. The molecule has 0 aromatic heterocycles.